The van der Waals surface area contributed by atoms with Crippen LogP contribution < -0.4 is 14.8 Å². The molecule has 5 heteroatoms. The van der Waals surface area contributed by atoms with Crippen molar-refractivity contribution < 1.29 is 14.3 Å². The van der Waals surface area contributed by atoms with Gasteiger partial charge in [-0.05, 0) is 42.2 Å². The largest absolute Gasteiger partial charge is 0.494 e. The van der Waals surface area contributed by atoms with Gasteiger partial charge in [0.2, 0.25) is 0 Å². The number of amides is 1. The Labute approximate surface area is 183 Å². The van der Waals surface area contributed by atoms with Crippen LogP contribution in [0.1, 0.15) is 58.9 Å². The van der Waals surface area contributed by atoms with Gasteiger partial charge in [-0.2, -0.15) is 0 Å². The van der Waals surface area contributed by atoms with Gasteiger partial charge in [-0.3, -0.25) is 4.79 Å². The minimum Gasteiger partial charge on any atom is -0.494 e. The molecule has 29 heavy (non-hydrogen) atoms. The van der Waals surface area contributed by atoms with E-state index in [2.05, 4.69) is 48.9 Å². The van der Waals surface area contributed by atoms with Gasteiger partial charge in [0.1, 0.15) is 11.5 Å². The number of anilines is 1. The van der Waals surface area contributed by atoms with E-state index in [1.54, 1.807) is 0 Å². The van der Waals surface area contributed by atoms with Crippen LogP contribution in [0.25, 0.3) is 0 Å². The van der Waals surface area contributed by atoms with Gasteiger partial charge >= 0.3 is 0 Å². The van der Waals surface area contributed by atoms with E-state index in [1.807, 2.05) is 42.5 Å². The molecule has 0 heterocycles. The Hall–Kier alpha value is -2.01. The zero-order chi connectivity index (χ0) is 21.3. The Kier molecular flexibility index (Phi) is 9.02. The lowest BCUT2D eigenvalue weighted by Crippen LogP contribution is -2.22. The fourth-order valence-corrected chi connectivity index (χ4v) is 3.30. The highest BCUT2D eigenvalue weighted by Crippen LogP contribution is 2.33. The predicted molar refractivity (Wildman–Crippen MR) is 123 cm³/mol. The lowest BCUT2D eigenvalue weighted by atomic mass is 9.86. The second kappa shape index (κ2) is 11.2. The van der Waals surface area contributed by atoms with E-state index < -0.39 is 0 Å². The molecule has 2 rings (SSSR count). The maximum absolute atomic E-state index is 12.4. The fraction of sp³-hybridized carbons (Fsp3) is 0.458. The maximum Gasteiger partial charge on any atom is 0.262 e. The van der Waals surface area contributed by atoms with Crippen LogP contribution in [0.2, 0.25) is 0 Å². The van der Waals surface area contributed by atoms with Crippen LogP contribution in [0.15, 0.2) is 46.9 Å². The van der Waals surface area contributed by atoms with Crippen molar-refractivity contribution in [2.75, 3.05) is 18.5 Å². The number of carbonyl (C=O) groups is 1. The molecule has 0 saturated carbocycles. The number of benzene rings is 2. The van der Waals surface area contributed by atoms with Crippen LogP contribution in [-0.4, -0.2) is 19.1 Å². The first kappa shape index (κ1) is 23.3. The molecule has 0 aliphatic carbocycles. The highest BCUT2D eigenvalue weighted by Gasteiger charge is 2.20. The average molecular weight is 462 g/mol. The minimum atomic E-state index is -0.201. The van der Waals surface area contributed by atoms with Gasteiger partial charge in [0, 0.05) is 21.8 Å². The highest BCUT2D eigenvalue weighted by atomic mass is 79.9. The third-order valence-corrected chi connectivity index (χ3v) is 4.99. The Morgan fingerprint density at radius 2 is 1.83 bits per heavy atom. The first-order valence-electron chi connectivity index (χ1n) is 10.2. The molecule has 0 atom stereocenters. The van der Waals surface area contributed by atoms with E-state index in [0.29, 0.717) is 12.3 Å². The number of unbranched alkanes of at least 4 members (excludes halogenated alkanes) is 3. The summed E-state index contributed by atoms with van der Waals surface area (Å²) in [7, 11) is 0. The molecule has 4 nitrogen and oxygen atoms in total. The van der Waals surface area contributed by atoms with Crippen molar-refractivity contribution in [1.82, 2.24) is 0 Å². The molecular weight excluding hydrogens is 430 g/mol. The summed E-state index contributed by atoms with van der Waals surface area (Å²) >= 11 is 3.50. The molecule has 0 aliphatic heterocycles. The Morgan fingerprint density at radius 3 is 2.55 bits per heavy atom. The van der Waals surface area contributed by atoms with Crippen molar-refractivity contribution in [3.63, 3.8) is 0 Å². The van der Waals surface area contributed by atoms with Gasteiger partial charge in [-0.25, -0.2) is 0 Å². The zero-order valence-corrected chi connectivity index (χ0v) is 19.5. The standard InChI is InChI=1S/C24H32BrNO3/c1-5-6-7-8-14-28-20-11-9-10-19(16-20)26-23(27)17-29-22-13-12-18(25)15-21(22)24(2,3)4/h9-13,15-16H,5-8,14,17H2,1-4H3,(H,26,27). The van der Waals surface area contributed by atoms with Gasteiger partial charge in [0.25, 0.3) is 5.91 Å². The van der Waals surface area contributed by atoms with E-state index in [4.69, 9.17) is 9.47 Å². The number of hydrogen-bond acceptors (Lipinski definition) is 3. The summed E-state index contributed by atoms with van der Waals surface area (Å²) in [6, 6.07) is 13.3. The topological polar surface area (TPSA) is 47.6 Å². The molecule has 158 valence electrons. The summed E-state index contributed by atoms with van der Waals surface area (Å²) in [6.45, 7) is 9.20. The Bertz CT molecular complexity index is 799. The SMILES string of the molecule is CCCCCCOc1cccc(NC(=O)COc2ccc(Br)cc2C(C)(C)C)c1. The van der Waals surface area contributed by atoms with E-state index in [9.17, 15) is 4.79 Å². The van der Waals surface area contributed by atoms with Gasteiger partial charge < -0.3 is 14.8 Å². The van der Waals surface area contributed by atoms with Crippen molar-refractivity contribution in [3.8, 4) is 11.5 Å². The maximum atomic E-state index is 12.4. The second-order valence-electron chi connectivity index (χ2n) is 8.16. The van der Waals surface area contributed by atoms with Crippen molar-refractivity contribution in [1.29, 1.82) is 0 Å². The minimum absolute atomic E-state index is 0.0488. The molecule has 1 N–H and O–H groups in total. The first-order chi connectivity index (χ1) is 13.8. The molecule has 0 bridgehead atoms. The molecule has 0 radical (unpaired) electrons. The monoisotopic (exact) mass is 461 g/mol. The normalized spacial score (nSPS) is 11.2. The molecule has 2 aromatic carbocycles. The predicted octanol–water partition coefficient (Wildman–Crippen LogP) is 6.72. The van der Waals surface area contributed by atoms with Gasteiger partial charge in [-0.15, -0.1) is 0 Å². The van der Waals surface area contributed by atoms with Crippen molar-refractivity contribution in [3.05, 3.63) is 52.5 Å². The van der Waals surface area contributed by atoms with Crippen molar-refractivity contribution in [2.24, 2.45) is 0 Å². The fourth-order valence-electron chi connectivity index (χ4n) is 2.94. The van der Waals surface area contributed by atoms with E-state index >= 15 is 0 Å². The quantitative estimate of drug-likeness (QED) is 0.399. The van der Waals surface area contributed by atoms with E-state index in [-0.39, 0.29) is 17.9 Å². The number of halogens is 1. The summed E-state index contributed by atoms with van der Waals surface area (Å²) in [5, 5.41) is 2.88. The van der Waals surface area contributed by atoms with Gasteiger partial charge in [0.05, 0.1) is 6.61 Å². The van der Waals surface area contributed by atoms with Crippen molar-refractivity contribution in [2.45, 2.75) is 58.8 Å². The molecule has 0 aliphatic rings. The molecule has 0 saturated heterocycles. The summed E-state index contributed by atoms with van der Waals surface area (Å²) in [6.07, 6.45) is 4.66. The molecule has 0 spiro atoms. The lowest BCUT2D eigenvalue weighted by molar-refractivity contribution is -0.118. The number of hydrogen-bond donors (Lipinski definition) is 1. The lowest BCUT2D eigenvalue weighted by Gasteiger charge is -2.23. The molecular formula is C24H32BrNO3. The van der Waals surface area contributed by atoms with E-state index in [1.165, 1.54) is 19.3 Å². The zero-order valence-electron chi connectivity index (χ0n) is 17.9. The molecule has 0 unspecified atom stereocenters. The third-order valence-electron chi connectivity index (χ3n) is 4.49. The van der Waals surface area contributed by atoms with Crippen LogP contribution in [0, 0.1) is 0 Å². The Morgan fingerprint density at radius 1 is 1.03 bits per heavy atom. The summed E-state index contributed by atoms with van der Waals surface area (Å²) in [5.41, 5.74) is 1.67. The van der Waals surface area contributed by atoms with Crippen LogP contribution in [0.4, 0.5) is 5.69 Å². The van der Waals surface area contributed by atoms with Crippen molar-refractivity contribution >= 4 is 27.5 Å². The van der Waals surface area contributed by atoms with Crippen LogP contribution in [0.3, 0.4) is 0 Å². The smallest absolute Gasteiger partial charge is 0.262 e. The van der Waals surface area contributed by atoms with Crippen LogP contribution in [-0.2, 0) is 10.2 Å². The molecule has 2 aromatic rings. The average Bonchev–Trinajstić information content (AvgIpc) is 2.66. The first-order valence-corrected chi connectivity index (χ1v) is 11.0. The summed E-state index contributed by atoms with van der Waals surface area (Å²) < 4.78 is 12.6. The summed E-state index contributed by atoms with van der Waals surface area (Å²) in [4.78, 5) is 12.4. The third kappa shape index (κ3) is 8.09. The molecule has 0 fully saturated rings. The Balaban J connectivity index is 1.89. The number of rotatable bonds is 10. The van der Waals surface area contributed by atoms with Gasteiger partial charge in [0.15, 0.2) is 6.61 Å². The number of ether oxygens (including phenoxy) is 2. The molecule has 1 amide bonds. The van der Waals surface area contributed by atoms with Crippen LogP contribution >= 0.6 is 15.9 Å². The number of carbonyl (C=O) groups excluding carboxylic acids is 1. The van der Waals surface area contributed by atoms with Crippen LogP contribution in [0.5, 0.6) is 11.5 Å². The summed E-state index contributed by atoms with van der Waals surface area (Å²) in [5.74, 6) is 1.29. The number of nitrogens with one attached hydrogen (secondary N) is 1. The highest BCUT2D eigenvalue weighted by molar-refractivity contribution is 9.10. The molecule has 0 aromatic heterocycles. The van der Waals surface area contributed by atoms with E-state index in [0.717, 1.165) is 28.0 Å². The van der Waals surface area contributed by atoms with Gasteiger partial charge in [-0.1, -0.05) is 69.0 Å². The second-order valence-corrected chi connectivity index (χ2v) is 9.08.